The van der Waals surface area contributed by atoms with Crippen molar-refractivity contribution in [1.82, 2.24) is 34.5 Å². The molecule has 0 atom stereocenters. The fraction of sp³-hybridized carbons (Fsp3) is 0. The van der Waals surface area contributed by atoms with Crippen molar-refractivity contribution in [2.75, 3.05) is 4.90 Å². The molecule has 8 nitrogen and oxygen atoms in total. The van der Waals surface area contributed by atoms with Crippen LogP contribution in [0.4, 0.5) is 17.6 Å². The molecule has 0 amide bonds. The molecule has 0 radical (unpaired) electrons. The third kappa shape index (κ3) is 6.11. The molecule has 7 aromatic carbocycles. The highest BCUT2D eigenvalue weighted by Gasteiger charge is 2.25. The van der Waals surface area contributed by atoms with Crippen LogP contribution in [0.25, 0.3) is 73.0 Å². The Hall–Kier alpha value is -7.84. The predicted octanol–water partition coefficient (Wildman–Crippen LogP) is 11.3. The summed E-state index contributed by atoms with van der Waals surface area (Å²) < 4.78 is 2.30. The molecule has 0 unspecified atom stereocenters. The van der Waals surface area contributed by atoms with E-state index in [0.717, 1.165) is 55.4 Å². The lowest BCUT2D eigenvalue weighted by Gasteiger charge is -2.23. The van der Waals surface area contributed by atoms with Gasteiger partial charge in [-0.25, -0.2) is 14.9 Å². The van der Waals surface area contributed by atoms with E-state index in [0.29, 0.717) is 35.2 Å². The van der Waals surface area contributed by atoms with Gasteiger partial charge < -0.3 is 4.57 Å². The average Bonchev–Trinajstić information content (AvgIpc) is 3.61. The van der Waals surface area contributed by atoms with E-state index in [4.69, 9.17) is 29.9 Å². The van der Waals surface area contributed by atoms with Crippen LogP contribution in [0.1, 0.15) is 0 Å². The van der Waals surface area contributed by atoms with Crippen LogP contribution in [0, 0.1) is 0 Å². The number of fused-ring (bicyclic) bond motifs is 3. The maximum absolute atomic E-state index is 5.18. The molecule has 0 spiro atoms. The molecule has 264 valence electrons. The molecule has 10 rings (SSSR count). The van der Waals surface area contributed by atoms with Crippen LogP contribution >= 0.6 is 0 Å². The number of aromatic nitrogens is 7. The lowest BCUT2D eigenvalue weighted by Crippen LogP contribution is -2.19. The quantitative estimate of drug-likeness (QED) is 0.154. The van der Waals surface area contributed by atoms with Crippen LogP contribution in [0.2, 0.25) is 0 Å². The summed E-state index contributed by atoms with van der Waals surface area (Å²) in [5.74, 6) is 2.86. The Morgan fingerprint density at radius 2 is 0.696 bits per heavy atom. The Morgan fingerprint density at radius 3 is 1.14 bits per heavy atom. The van der Waals surface area contributed by atoms with E-state index in [9.17, 15) is 0 Å². The van der Waals surface area contributed by atoms with Gasteiger partial charge in [0, 0.05) is 38.7 Å². The normalized spacial score (nSPS) is 11.2. The van der Waals surface area contributed by atoms with Gasteiger partial charge in [-0.2, -0.15) is 19.9 Å². The second-order valence-corrected chi connectivity index (χ2v) is 13.3. The van der Waals surface area contributed by atoms with Crippen molar-refractivity contribution in [3.63, 3.8) is 0 Å². The molecule has 0 bridgehead atoms. The molecule has 8 heteroatoms. The van der Waals surface area contributed by atoms with Gasteiger partial charge in [-0.05, 0) is 36.4 Å². The number of benzene rings is 7. The van der Waals surface area contributed by atoms with Crippen molar-refractivity contribution in [3.05, 3.63) is 194 Å². The molecule has 0 saturated heterocycles. The maximum atomic E-state index is 5.18. The van der Waals surface area contributed by atoms with Gasteiger partial charge in [-0.15, -0.1) is 0 Å². The second-order valence-electron chi connectivity index (χ2n) is 13.3. The summed E-state index contributed by atoms with van der Waals surface area (Å²) in [6, 6.07) is 65.2. The highest BCUT2D eigenvalue weighted by molar-refractivity contribution is 6.10. The number of anilines is 3. The zero-order valence-corrected chi connectivity index (χ0v) is 30.1. The molecule has 56 heavy (non-hydrogen) atoms. The fourth-order valence-electron chi connectivity index (χ4n) is 7.07. The second kappa shape index (κ2) is 14.2. The summed E-state index contributed by atoms with van der Waals surface area (Å²) >= 11 is 0. The zero-order valence-electron chi connectivity index (χ0n) is 30.1. The van der Waals surface area contributed by atoms with Crippen LogP contribution < -0.4 is 4.90 Å². The molecule has 0 aliphatic heterocycles. The molecule has 3 heterocycles. The summed E-state index contributed by atoms with van der Waals surface area (Å²) in [4.78, 5) is 32.6. The smallest absolute Gasteiger partial charge is 0.241 e. The Kier molecular flexibility index (Phi) is 8.31. The van der Waals surface area contributed by atoms with Gasteiger partial charge in [0.15, 0.2) is 23.3 Å². The van der Waals surface area contributed by atoms with Crippen LogP contribution in [-0.4, -0.2) is 34.5 Å². The third-order valence-corrected chi connectivity index (χ3v) is 9.70. The molecular formula is C48H32N8. The number of rotatable bonds is 8. The number of para-hydroxylation sites is 2. The summed E-state index contributed by atoms with van der Waals surface area (Å²) in [6.07, 6.45) is 0. The molecule has 0 aliphatic carbocycles. The SMILES string of the molecule is c1ccc(-c2nc(-c3ccccc3)nc(N(c3ccc4c(c3)c3ccccc3n4-c3ccccc3)c3nc(-c4ccccc4)nc(-c4ccccc4)n3)n2)cc1. The van der Waals surface area contributed by atoms with Crippen molar-refractivity contribution in [2.24, 2.45) is 0 Å². The van der Waals surface area contributed by atoms with E-state index < -0.39 is 0 Å². The topological polar surface area (TPSA) is 85.5 Å². The summed E-state index contributed by atoms with van der Waals surface area (Å²) in [5, 5.41) is 2.18. The molecule has 0 aliphatic rings. The van der Waals surface area contributed by atoms with Gasteiger partial charge in [-0.1, -0.05) is 158 Å². The van der Waals surface area contributed by atoms with Crippen molar-refractivity contribution >= 4 is 39.4 Å². The molecule has 0 saturated carbocycles. The third-order valence-electron chi connectivity index (χ3n) is 9.70. The van der Waals surface area contributed by atoms with Crippen LogP contribution in [0.5, 0.6) is 0 Å². The first kappa shape index (κ1) is 32.8. The number of nitrogens with zero attached hydrogens (tertiary/aromatic N) is 8. The van der Waals surface area contributed by atoms with Crippen molar-refractivity contribution in [3.8, 4) is 51.2 Å². The van der Waals surface area contributed by atoms with E-state index in [2.05, 4.69) is 71.3 Å². The molecule has 3 aromatic heterocycles. The minimum atomic E-state index is 0.369. The lowest BCUT2D eigenvalue weighted by molar-refractivity contribution is 0.964. The first-order chi connectivity index (χ1) is 27.8. The largest absolute Gasteiger partial charge is 0.309 e. The molecule has 0 N–H and O–H groups in total. The van der Waals surface area contributed by atoms with E-state index in [1.807, 2.05) is 132 Å². The van der Waals surface area contributed by atoms with Crippen LogP contribution in [-0.2, 0) is 0 Å². The first-order valence-corrected chi connectivity index (χ1v) is 18.4. The van der Waals surface area contributed by atoms with Crippen molar-refractivity contribution in [2.45, 2.75) is 0 Å². The number of hydrogen-bond donors (Lipinski definition) is 0. The Morgan fingerprint density at radius 1 is 0.321 bits per heavy atom. The number of hydrogen-bond acceptors (Lipinski definition) is 7. The highest BCUT2D eigenvalue weighted by atomic mass is 15.4. The lowest BCUT2D eigenvalue weighted by atomic mass is 10.1. The molecular weight excluding hydrogens is 689 g/mol. The van der Waals surface area contributed by atoms with E-state index in [-0.39, 0.29) is 0 Å². The highest BCUT2D eigenvalue weighted by Crippen LogP contribution is 2.39. The van der Waals surface area contributed by atoms with Crippen LogP contribution in [0.3, 0.4) is 0 Å². The summed E-state index contributed by atoms with van der Waals surface area (Å²) in [6.45, 7) is 0. The first-order valence-electron chi connectivity index (χ1n) is 18.4. The van der Waals surface area contributed by atoms with Crippen molar-refractivity contribution < 1.29 is 0 Å². The Labute approximate surface area is 323 Å². The van der Waals surface area contributed by atoms with Gasteiger partial charge >= 0.3 is 0 Å². The van der Waals surface area contributed by atoms with Crippen LogP contribution in [0.15, 0.2) is 194 Å². The monoisotopic (exact) mass is 720 g/mol. The summed E-state index contributed by atoms with van der Waals surface area (Å²) in [7, 11) is 0. The minimum absolute atomic E-state index is 0.369. The zero-order chi connectivity index (χ0) is 37.3. The van der Waals surface area contributed by atoms with Gasteiger partial charge in [0.2, 0.25) is 11.9 Å². The maximum Gasteiger partial charge on any atom is 0.241 e. The van der Waals surface area contributed by atoms with Gasteiger partial charge in [0.1, 0.15) is 0 Å². The predicted molar refractivity (Wildman–Crippen MR) is 224 cm³/mol. The average molecular weight is 721 g/mol. The Bertz CT molecular complexity index is 2710. The fourth-order valence-corrected chi connectivity index (χ4v) is 7.07. The Balaban J connectivity index is 1.27. The van der Waals surface area contributed by atoms with E-state index in [1.165, 1.54) is 0 Å². The molecule has 0 fully saturated rings. The van der Waals surface area contributed by atoms with Crippen molar-refractivity contribution in [1.29, 1.82) is 0 Å². The minimum Gasteiger partial charge on any atom is -0.309 e. The standard InChI is InChI=1S/C48H32N8/c1-6-18-33(19-7-1)43-49-44(34-20-8-2-9-21-34)52-47(51-43)56(48-53-45(35-22-10-3-11-23-35)50-46(54-48)36-24-12-4-13-25-36)38-30-31-42-40(32-38)39-28-16-17-29-41(39)55(42)37-26-14-5-15-27-37/h1-32H. The molecule has 10 aromatic rings. The van der Waals surface area contributed by atoms with Gasteiger partial charge in [0.25, 0.3) is 0 Å². The van der Waals surface area contributed by atoms with E-state index in [1.54, 1.807) is 0 Å². The summed E-state index contributed by atoms with van der Waals surface area (Å²) in [5.41, 5.74) is 7.48. The van der Waals surface area contributed by atoms with Gasteiger partial charge in [-0.3, -0.25) is 0 Å². The van der Waals surface area contributed by atoms with Gasteiger partial charge in [0.05, 0.1) is 16.7 Å². The van der Waals surface area contributed by atoms with E-state index >= 15 is 0 Å².